The Morgan fingerprint density at radius 1 is 1.38 bits per heavy atom. The van der Waals surface area contributed by atoms with Crippen molar-refractivity contribution in [2.45, 2.75) is 58.2 Å². The molecule has 1 rings (SSSR count). The summed E-state index contributed by atoms with van der Waals surface area (Å²) in [6.45, 7) is 11.3. The van der Waals surface area contributed by atoms with Crippen LogP contribution in [0, 0.1) is 0 Å². The van der Waals surface area contributed by atoms with Gasteiger partial charge >= 0.3 is 0 Å². The summed E-state index contributed by atoms with van der Waals surface area (Å²) in [4.78, 5) is 4.85. The topological polar surface area (TPSA) is 26.7 Å². The van der Waals surface area contributed by atoms with Crippen LogP contribution in [0.15, 0.2) is 0 Å². The fourth-order valence-corrected chi connectivity index (χ4v) is 2.60. The number of hydrogen-bond acceptors (Lipinski definition) is 3. The summed E-state index contributed by atoms with van der Waals surface area (Å²) in [5, 5.41) is 9.74. The molecule has 1 heterocycles. The molecule has 3 heteroatoms. The second-order valence-corrected chi connectivity index (χ2v) is 5.56. The van der Waals surface area contributed by atoms with E-state index in [2.05, 4.69) is 44.5 Å². The smallest absolute Gasteiger partial charge is 0.0628 e. The molecule has 0 spiro atoms. The summed E-state index contributed by atoms with van der Waals surface area (Å²) in [6.07, 6.45) is 2.27. The van der Waals surface area contributed by atoms with Crippen molar-refractivity contribution in [2.24, 2.45) is 0 Å². The van der Waals surface area contributed by atoms with Gasteiger partial charge in [0.1, 0.15) is 0 Å². The Kier molecular flexibility index (Phi) is 4.77. The summed E-state index contributed by atoms with van der Waals surface area (Å²) in [5.74, 6) is 0. The maximum absolute atomic E-state index is 9.74. The Morgan fingerprint density at radius 2 is 2.00 bits per heavy atom. The standard InChI is InChI=1S/C13H28N2O/c1-6-12(4)15-8-7-13(9-15,10-16)14(5)11(2)3/h11-12,16H,6-10H2,1-5H3. The van der Waals surface area contributed by atoms with E-state index in [4.69, 9.17) is 0 Å². The first-order chi connectivity index (χ1) is 7.46. The van der Waals surface area contributed by atoms with Crippen molar-refractivity contribution in [1.82, 2.24) is 9.80 Å². The van der Waals surface area contributed by atoms with Crippen LogP contribution in [0.4, 0.5) is 0 Å². The number of hydrogen-bond donors (Lipinski definition) is 1. The van der Waals surface area contributed by atoms with Gasteiger partial charge in [-0.2, -0.15) is 0 Å². The fourth-order valence-electron chi connectivity index (χ4n) is 2.60. The Hall–Kier alpha value is -0.120. The zero-order valence-electron chi connectivity index (χ0n) is 11.5. The molecule has 1 fully saturated rings. The van der Waals surface area contributed by atoms with Gasteiger partial charge in [-0.15, -0.1) is 0 Å². The summed E-state index contributed by atoms with van der Waals surface area (Å²) >= 11 is 0. The molecule has 0 aliphatic carbocycles. The number of likely N-dealkylation sites (tertiary alicyclic amines) is 1. The van der Waals surface area contributed by atoms with Crippen LogP contribution >= 0.6 is 0 Å². The quantitative estimate of drug-likeness (QED) is 0.773. The first-order valence-corrected chi connectivity index (χ1v) is 6.54. The molecule has 1 aliphatic heterocycles. The van der Waals surface area contributed by atoms with E-state index in [0.29, 0.717) is 12.1 Å². The van der Waals surface area contributed by atoms with Gasteiger partial charge in [0.05, 0.1) is 12.1 Å². The molecule has 1 saturated heterocycles. The average Bonchev–Trinajstić information content (AvgIpc) is 2.72. The monoisotopic (exact) mass is 228 g/mol. The van der Waals surface area contributed by atoms with Crippen molar-refractivity contribution in [3.05, 3.63) is 0 Å². The number of rotatable bonds is 5. The lowest BCUT2D eigenvalue weighted by Crippen LogP contribution is -2.54. The molecule has 16 heavy (non-hydrogen) atoms. The van der Waals surface area contributed by atoms with Crippen LogP contribution in [0.5, 0.6) is 0 Å². The van der Waals surface area contributed by atoms with E-state index < -0.39 is 0 Å². The van der Waals surface area contributed by atoms with Crippen molar-refractivity contribution >= 4 is 0 Å². The predicted octanol–water partition coefficient (Wildman–Crippen LogP) is 1.56. The van der Waals surface area contributed by atoms with Crippen LogP contribution in [0.3, 0.4) is 0 Å². The zero-order valence-corrected chi connectivity index (χ0v) is 11.5. The molecule has 3 nitrogen and oxygen atoms in total. The van der Waals surface area contributed by atoms with Crippen LogP contribution in [0.2, 0.25) is 0 Å². The SMILES string of the molecule is CCC(C)N1CCC(CO)(N(C)C(C)C)C1. The van der Waals surface area contributed by atoms with Gasteiger partial charge in [-0.05, 0) is 40.7 Å². The number of aliphatic hydroxyl groups is 1. The van der Waals surface area contributed by atoms with Crippen molar-refractivity contribution in [3.8, 4) is 0 Å². The Morgan fingerprint density at radius 3 is 2.44 bits per heavy atom. The highest BCUT2D eigenvalue weighted by atomic mass is 16.3. The molecule has 0 aromatic rings. The van der Waals surface area contributed by atoms with Crippen LogP contribution in [0.25, 0.3) is 0 Å². The second kappa shape index (κ2) is 5.48. The highest BCUT2D eigenvalue weighted by Gasteiger charge is 2.42. The van der Waals surface area contributed by atoms with Crippen molar-refractivity contribution < 1.29 is 5.11 Å². The lowest BCUT2D eigenvalue weighted by molar-refractivity contribution is 0.0310. The third-order valence-electron chi connectivity index (χ3n) is 4.39. The molecule has 2 unspecified atom stereocenters. The minimum atomic E-state index is -0.0163. The Bertz CT molecular complexity index is 220. The Labute approximate surface area is 100 Å². The summed E-state index contributed by atoms with van der Waals surface area (Å²) in [7, 11) is 2.14. The maximum Gasteiger partial charge on any atom is 0.0628 e. The molecule has 96 valence electrons. The van der Waals surface area contributed by atoms with Gasteiger partial charge < -0.3 is 5.11 Å². The van der Waals surface area contributed by atoms with Crippen molar-refractivity contribution in [2.75, 3.05) is 26.7 Å². The average molecular weight is 228 g/mol. The van der Waals surface area contributed by atoms with Gasteiger partial charge in [0.15, 0.2) is 0 Å². The summed E-state index contributed by atoms with van der Waals surface area (Å²) < 4.78 is 0. The van der Waals surface area contributed by atoms with Gasteiger partial charge in [0.25, 0.3) is 0 Å². The van der Waals surface area contributed by atoms with E-state index in [1.54, 1.807) is 0 Å². The van der Waals surface area contributed by atoms with Gasteiger partial charge in [0, 0.05) is 25.2 Å². The molecule has 0 amide bonds. The summed E-state index contributed by atoms with van der Waals surface area (Å²) in [6, 6.07) is 1.12. The molecule has 1 aliphatic rings. The molecule has 0 saturated carbocycles. The largest absolute Gasteiger partial charge is 0.394 e. The number of nitrogens with zero attached hydrogens (tertiary/aromatic N) is 2. The zero-order chi connectivity index (χ0) is 12.3. The van der Waals surface area contributed by atoms with Crippen LogP contribution < -0.4 is 0 Å². The highest BCUT2D eigenvalue weighted by Crippen LogP contribution is 2.29. The molecule has 1 N–H and O–H groups in total. The van der Waals surface area contributed by atoms with E-state index in [-0.39, 0.29) is 12.1 Å². The molecule has 0 aromatic carbocycles. The second-order valence-electron chi connectivity index (χ2n) is 5.56. The minimum absolute atomic E-state index is 0.0163. The van der Waals surface area contributed by atoms with E-state index in [9.17, 15) is 5.11 Å². The van der Waals surface area contributed by atoms with Crippen molar-refractivity contribution in [3.63, 3.8) is 0 Å². The minimum Gasteiger partial charge on any atom is -0.394 e. The third kappa shape index (κ3) is 2.58. The van der Waals surface area contributed by atoms with Gasteiger partial charge in [0.2, 0.25) is 0 Å². The molecular weight excluding hydrogens is 200 g/mol. The summed E-state index contributed by atoms with van der Waals surface area (Å²) in [5.41, 5.74) is -0.0163. The third-order valence-corrected chi connectivity index (χ3v) is 4.39. The van der Waals surface area contributed by atoms with Crippen molar-refractivity contribution in [1.29, 1.82) is 0 Å². The predicted molar refractivity (Wildman–Crippen MR) is 68.7 cm³/mol. The lowest BCUT2D eigenvalue weighted by Gasteiger charge is -2.40. The van der Waals surface area contributed by atoms with E-state index in [1.807, 2.05) is 0 Å². The fraction of sp³-hybridized carbons (Fsp3) is 1.00. The molecule has 0 radical (unpaired) electrons. The van der Waals surface area contributed by atoms with Gasteiger partial charge in [-0.1, -0.05) is 6.92 Å². The molecule has 2 atom stereocenters. The first-order valence-electron chi connectivity index (χ1n) is 6.54. The highest BCUT2D eigenvalue weighted by molar-refractivity contribution is 4.99. The first kappa shape index (κ1) is 13.9. The van der Waals surface area contributed by atoms with Crippen LogP contribution in [-0.4, -0.2) is 59.3 Å². The molecule has 0 bridgehead atoms. The lowest BCUT2D eigenvalue weighted by atomic mass is 9.96. The number of likely N-dealkylation sites (N-methyl/N-ethyl adjacent to an activating group) is 1. The van der Waals surface area contributed by atoms with Gasteiger partial charge in [-0.3, -0.25) is 9.80 Å². The normalized spacial score (nSPS) is 29.2. The Balaban J connectivity index is 2.71. The molecule has 0 aromatic heterocycles. The van der Waals surface area contributed by atoms with Gasteiger partial charge in [-0.25, -0.2) is 0 Å². The van der Waals surface area contributed by atoms with E-state index in [1.165, 1.54) is 6.42 Å². The van der Waals surface area contributed by atoms with Crippen LogP contribution in [-0.2, 0) is 0 Å². The van der Waals surface area contributed by atoms with Crippen LogP contribution in [0.1, 0.15) is 40.5 Å². The maximum atomic E-state index is 9.74. The molecular formula is C13H28N2O. The number of aliphatic hydroxyl groups excluding tert-OH is 1. The van der Waals surface area contributed by atoms with E-state index >= 15 is 0 Å². The van der Waals surface area contributed by atoms with E-state index in [0.717, 1.165) is 19.5 Å².